The second-order valence-electron chi connectivity index (χ2n) is 1.76. The molecule has 0 spiro atoms. The molecule has 2 N–H and O–H groups in total. The van der Waals surface area contributed by atoms with Gasteiger partial charge in [0.2, 0.25) is 0 Å². The highest BCUT2D eigenvalue weighted by Gasteiger charge is 1.98. The van der Waals surface area contributed by atoms with E-state index in [0.29, 0.717) is 0 Å². The third-order valence-electron chi connectivity index (χ3n) is 0.869. The van der Waals surface area contributed by atoms with Gasteiger partial charge in [0.05, 0.1) is 5.76 Å². The van der Waals surface area contributed by atoms with Gasteiger partial charge in [-0.25, -0.2) is 0 Å². The largest absolute Gasteiger partial charge is 0.513 e. The van der Waals surface area contributed by atoms with Crippen molar-refractivity contribution in [3.63, 3.8) is 0 Å². The van der Waals surface area contributed by atoms with E-state index in [0.717, 1.165) is 0 Å². The van der Waals surface area contributed by atoms with E-state index in [2.05, 4.69) is 6.58 Å². The van der Waals surface area contributed by atoms with Crippen LogP contribution in [0.3, 0.4) is 0 Å². The first-order valence-corrected chi connectivity index (χ1v) is 2.66. The quantitative estimate of drug-likeness (QED) is 0.541. The number of Topliss-reactive ketones (excluding diaryl/α,β-unsaturated/α-hetero) is 1. The average Bonchev–Trinajstić information content (AvgIpc) is 1.83. The summed E-state index contributed by atoms with van der Waals surface area (Å²) in [6, 6.07) is 0. The summed E-state index contributed by atoms with van der Waals surface area (Å²) in [6.45, 7) is 2.73. The summed E-state index contributed by atoms with van der Waals surface area (Å²) in [5.41, 5.74) is 0. The molecule has 9 heavy (non-hydrogen) atoms. The molecule has 0 saturated heterocycles. The summed E-state index contributed by atoms with van der Waals surface area (Å²) in [4.78, 5) is 10.3. The molecular weight excluding hydrogens is 120 g/mol. The minimum Gasteiger partial charge on any atom is -0.513 e. The van der Waals surface area contributed by atoms with E-state index < -0.39 is 6.61 Å². The molecule has 3 heteroatoms. The zero-order valence-electron chi connectivity index (χ0n) is 5.13. The van der Waals surface area contributed by atoms with Gasteiger partial charge in [-0.1, -0.05) is 6.58 Å². The van der Waals surface area contributed by atoms with Crippen LogP contribution in [-0.4, -0.2) is 22.6 Å². The summed E-state index contributed by atoms with van der Waals surface area (Å²) in [5, 5.41) is 16.7. The molecule has 0 aromatic carbocycles. The minimum absolute atomic E-state index is 0.0169. The SMILES string of the molecule is C=C(O)CCC(=O)CO. The number of hydrogen-bond acceptors (Lipinski definition) is 3. The molecule has 0 aromatic rings. The van der Waals surface area contributed by atoms with Crippen molar-refractivity contribution in [2.45, 2.75) is 12.8 Å². The number of hydrogen-bond donors (Lipinski definition) is 2. The van der Waals surface area contributed by atoms with Crippen molar-refractivity contribution < 1.29 is 15.0 Å². The van der Waals surface area contributed by atoms with Crippen molar-refractivity contribution in [3.8, 4) is 0 Å². The van der Waals surface area contributed by atoms with Crippen LogP contribution >= 0.6 is 0 Å². The Balaban J connectivity index is 3.28. The van der Waals surface area contributed by atoms with Crippen molar-refractivity contribution in [2.24, 2.45) is 0 Å². The highest BCUT2D eigenvalue weighted by atomic mass is 16.3. The third-order valence-corrected chi connectivity index (χ3v) is 0.869. The topological polar surface area (TPSA) is 57.5 Å². The van der Waals surface area contributed by atoms with E-state index in [-0.39, 0.29) is 24.4 Å². The number of carbonyl (C=O) groups is 1. The Hall–Kier alpha value is -0.830. The number of rotatable bonds is 4. The van der Waals surface area contributed by atoms with E-state index in [4.69, 9.17) is 10.2 Å². The standard InChI is InChI=1S/C6H10O3/c1-5(8)2-3-6(9)4-7/h7-8H,1-4H2. The fourth-order valence-electron chi connectivity index (χ4n) is 0.363. The summed E-state index contributed by atoms with van der Waals surface area (Å²) in [5.74, 6) is -0.290. The first-order chi connectivity index (χ1) is 4.16. The maximum Gasteiger partial charge on any atom is 0.158 e. The van der Waals surface area contributed by atoms with Gasteiger partial charge in [0.25, 0.3) is 0 Å². The lowest BCUT2D eigenvalue weighted by atomic mass is 10.2. The minimum atomic E-state index is -0.451. The highest BCUT2D eigenvalue weighted by Crippen LogP contribution is 1.97. The molecule has 0 fully saturated rings. The number of ketones is 1. The fraction of sp³-hybridized carbons (Fsp3) is 0.500. The van der Waals surface area contributed by atoms with Gasteiger partial charge in [-0.15, -0.1) is 0 Å². The first kappa shape index (κ1) is 8.17. The molecule has 0 amide bonds. The van der Waals surface area contributed by atoms with E-state index in [1.165, 1.54) is 0 Å². The Bertz CT molecular complexity index is 117. The van der Waals surface area contributed by atoms with Crippen LogP contribution in [0.4, 0.5) is 0 Å². The van der Waals surface area contributed by atoms with Gasteiger partial charge in [-0.3, -0.25) is 4.79 Å². The van der Waals surface area contributed by atoms with E-state index in [1.54, 1.807) is 0 Å². The second-order valence-corrected chi connectivity index (χ2v) is 1.76. The maximum absolute atomic E-state index is 10.3. The van der Waals surface area contributed by atoms with Crippen LogP contribution < -0.4 is 0 Å². The molecule has 0 aromatic heterocycles. The lowest BCUT2D eigenvalue weighted by Crippen LogP contribution is -2.02. The molecule has 3 nitrogen and oxygen atoms in total. The summed E-state index contributed by atoms with van der Waals surface area (Å²) in [6.07, 6.45) is 0.422. The van der Waals surface area contributed by atoms with Crippen molar-refractivity contribution in [2.75, 3.05) is 6.61 Å². The summed E-state index contributed by atoms with van der Waals surface area (Å²) in [7, 11) is 0. The Morgan fingerprint density at radius 3 is 2.33 bits per heavy atom. The molecule has 0 unspecified atom stereocenters. The molecule has 0 aliphatic heterocycles. The Labute approximate surface area is 53.6 Å². The predicted octanol–water partition coefficient (Wildman–Crippen LogP) is 0.400. The summed E-state index contributed by atoms with van der Waals surface area (Å²) < 4.78 is 0. The van der Waals surface area contributed by atoms with Gasteiger partial charge in [0.1, 0.15) is 6.61 Å². The molecule has 0 bridgehead atoms. The fourth-order valence-corrected chi connectivity index (χ4v) is 0.363. The van der Waals surface area contributed by atoms with E-state index in [1.807, 2.05) is 0 Å². The smallest absolute Gasteiger partial charge is 0.158 e. The molecule has 0 aliphatic carbocycles. The van der Waals surface area contributed by atoms with Gasteiger partial charge in [0.15, 0.2) is 5.78 Å². The van der Waals surface area contributed by atoms with Crippen LogP contribution in [0.2, 0.25) is 0 Å². The van der Waals surface area contributed by atoms with Crippen molar-refractivity contribution >= 4 is 5.78 Å². The van der Waals surface area contributed by atoms with Crippen LogP contribution in [0.5, 0.6) is 0 Å². The average molecular weight is 130 g/mol. The normalized spacial score (nSPS) is 9.00. The van der Waals surface area contributed by atoms with Crippen LogP contribution in [0.15, 0.2) is 12.3 Å². The van der Waals surface area contributed by atoms with Gasteiger partial charge in [-0.2, -0.15) is 0 Å². The van der Waals surface area contributed by atoms with Gasteiger partial charge >= 0.3 is 0 Å². The van der Waals surface area contributed by atoms with Crippen LogP contribution in [0.1, 0.15) is 12.8 Å². The van der Waals surface area contributed by atoms with Crippen molar-refractivity contribution in [1.29, 1.82) is 0 Å². The molecule has 0 atom stereocenters. The maximum atomic E-state index is 10.3. The number of aliphatic hydroxyl groups is 2. The van der Waals surface area contributed by atoms with Crippen LogP contribution in [0, 0.1) is 0 Å². The number of allylic oxidation sites excluding steroid dienone is 1. The Kier molecular flexibility index (Phi) is 3.71. The molecule has 0 heterocycles. The van der Waals surface area contributed by atoms with E-state index in [9.17, 15) is 4.79 Å². The lowest BCUT2D eigenvalue weighted by Gasteiger charge is -1.93. The predicted molar refractivity (Wildman–Crippen MR) is 33.1 cm³/mol. The second kappa shape index (κ2) is 4.09. The van der Waals surface area contributed by atoms with Gasteiger partial charge in [-0.05, 0) is 0 Å². The molecule has 0 saturated carbocycles. The molecule has 0 rings (SSSR count). The Morgan fingerprint density at radius 1 is 1.44 bits per heavy atom. The van der Waals surface area contributed by atoms with Crippen LogP contribution in [-0.2, 0) is 4.79 Å². The first-order valence-electron chi connectivity index (χ1n) is 2.66. The summed E-state index contributed by atoms with van der Waals surface area (Å²) >= 11 is 0. The number of aliphatic hydroxyl groups excluding tert-OH is 2. The van der Waals surface area contributed by atoms with Gasteiger partial charge < -0.3 is 10.2 Å². The molecule has 0 aliphatic rings. The molecule has 0 radical (unpaired) electrons. The van der Waals surface area contributed by atoms with Gasteiger partial charge in [0, 0.05) is 12.8 Å². The third kappa shape index (κ3) is 5.03. The zero-order valence-corrected chi connectivity index (χ0v) is 5.13. The van der Waals surface area contributed by atoms with Crippen molar-refractivity contribution in [1.82, 2.24) is 0 Å². The zero-order chi connectivity index (χ0) is 7.28. The van der Waals surface area contributed by atoms with Crippen molar-refractivity contribution in [3.05, 3.63) is 12.3 Å². The molecular formula is C6H10O3. The molecule has 52 valence electrons. The lowest BCUT2D eigenvalue weighted by molar-refractivity contribution is -0.121. The van der Waals surface area contributed by atoms with E-state index >= 15 is 0 Å². The highest BCUT2D eigenvalue weighted by molar-refractivity contribution is 5.79. The number of carbonyl (C=O) groups excluding carboxylic acids is 1. The Morgan fingerprint density at radius 2 is 2.00 bits per heavy atom. The van der Waals surface area contributed by atoms with Crippen LogP contribution in [0.25, 0.3) is 0 Å². The monoisotopic (exact) mass is 130 g/mol.